The number of halogens is 1. The summed E-state index contributed by atoms with van der Waals surface area (Å²) >= 11 is 8.78. The molecule has 1 aliphatic rings. The normalized spacial score (nSPS) is 14.1. The number of ether oxygens (including phenoxy) is 1. The third-order valence-corrected chi connectivity index (χ3v) is 3.63. The SMILES string of the molecule is S=C1Oc2ccc(Br)cc2CN1c1ccccc1. The molecule has 0 saturated heterocycles. The van der Waals surface area contributed by atoms with E-state index in [2.05, 4.69) is 22.0 Å². The molecule has 90 valence electrons. The van der Waals surface area contributed by atoms with Crippen molar-refractivity contribution in [2.75, 3.05) is 4.90 Å². The van der Waals surface area contributed by atoms with Gasteiger partial charge in [-0.25, -0.2) is 0 Å². The summed E-state index contributed by atoms with van der Waals surface area (Å²) in [5.41, 5.74) is 2.18. The van der Waals surface area contributed by atoms with Crippen LogP contribution in [0.25, 0.3) is 0 Å². The van der Waals surface area contributed by atoms with Crippen LogP contribution in [0.3, 0.4) is 0 Å². The zero-order valence-corrected chi connectivity index (χ0v) is 11.9. The molecule has 2 aromatic rings. The Morgan fingerprint density at radius 1 is 1.11 bits per heavy atom. The molecule has 0 bridgehead atoms. The molecule has 0 fully saturated rings. The average Bonchev–Trinajstić information content (AvgIpc) is 2.39. The van der Waals surface area contributed by atoms with Gasteiger partial charge in [0.1, 0.15) is 5.75 Å². The molecule has 0 aliphatic carbocycles. The van der Waals surface area contributed by atoms with Crippen LogP contribution < -0.4 is 9.64 Å². The molecule has 1 heterocycles. The molecule has 0 amide bonds. The number of para-hydroxylation sites is 1. The Bertz CT molecular complexity index is 600. The molecule has 1 aliphatic heterocycles. The van der Waals surface area contributed by atoms with Gasteiger partial charge in [-0.2, -0.15) is 0 Å². The zero-order chi connectivity index (χ0) is 12.5. The van der Waals surface area contributed by atoms with Crippen molar-refractivity contribution in [3.63, 3.8) is 0 Å². The Balaban J connectivity index is 1.99. The first-order valence-corrected chi connectivity index (χ1v) is 6.77. The number of thiocarbonyl (C=S) groups is 1. The molecule has 0 radical (unpaired) electrons. The summed E-state index contributed by atoms with van der Waals surface area (Å²) in [6, 6.07) is 16.0. The minimum atomic E-state index is 0.496. The minimum Gasteiger partial charge on any atom is -0.431 e. The largest absolute Gasteiger partial charge is 0.431 e. The summed E-state index contributed by atoms with van der Waals surface area (Å²) in [4.78, 5) is 1.99. The molecular weight excluding hydrogens is 310 g/mol. The summed E-state index contributed by atoms with van der Waals surface area (Å²) in [7, 11) is 0. The summed E-state index contributed by atoms with van der Waals surface area (Å²) < 4.78 is 6.74. The summed E-state index contributed by atoms with van der Waals surface area (Å²) in [6.45, 7) is 0.734. The van der Waals surface area contributed by atoms with E-state index in [1.807, 2.05) is 47.4 Å². The number of benzene rings is 2. The van der Waals surface area contributed by atoms with Gasteiger partial charge in [0, 0.05) is 15.7 Å². The molecule has 0 unspecified atom stereocenters. The van der Waals surface area contributed by atoms with Crippen molar-refractivity contribution in [1.29, 1.82) is 0 Å². The number of nitrogens with zero attached hydrogens (tertiary/aromatic N) is 1. The average molecular weight is 320 g/mol. The highest BCUT2D eigenvalue weighted by Gasteiger charge is 2.22. The highest BCUT2D eigenvalue weighted by molar-refractivity contribution is 9.10. The van der Waals surface area contributed by atoms with Crippen LogP contribution in [0.15, 0.2) is 53.0 Å². The van der Waals surface area contributed by atoms with Gasteiger partial charge >= 0.3 is 0 Å². The van der Waals surface area contributed by atoms with Gasteiger partial charge in [0.05, 0.1) is 6.54 Å². The Morgan fingerprint density at radius 2 is 1.89 bits per heavy atom. The molecule has 3 rings (SSSR count). The standard InChI is InChI=1S/C14H10BrNOS/c15-11-6-7-13-10(8-11)9-16(14(18)17-13)12-4-2-1-3-5-12/h1-8H,9H2. The molecule has 0 saturated carbocycles. The fraction of sp³-hybridized carbons (Fsp3) is 0.0714. The lowest BCUT2D eigenvalue weighted by Gasteiger charge is -2.30. The first kappa shape index (κ1) is 11.7. The molecular formula is C14H10BrNOS. The van der Waals surface area contributed by atoms with Crippen molar-refractivity contribution in [3.8, 4) is 5.75 Å². The molecule has 0 spiro atoms. The fourth-order valence-corrected chi connectivity index (χ4v) is 2.63. The third-order valence-electron chi connectivity index (χ3n) is 2.84. The first-order chi connectivity index (χ1) is 8.74. The third kappa shape index (κ3) is 2.13. The summed E-state index contributed by atoms with van der Waals surface area (Å²) in [5, 5.41) is 0.496. The fourth-order valence-electron chi connectivity index (χ4n) is 1.96. The van der Waals surface area contributed by atoms with Crippen LogP contribution >= 0.6 is 28.1 Å². The highest BCUT2D eigenvalue weighted by atomic mass is 79.9. The molecule has 2 aromatic carbocycles. The van der Waals surface area contributed by atoms with Crippen molar-refractivity contribution in [3.05, 3.63) is 58.6 Å². The maximum atomic E-state index is 5.69. The summed E-state index contributed by atoms with van der Waals surface area (Å²) in [5.74, 6) is 0.843. The van der Waals surface area contributed by atoms with Crippen molar-refractivity contribution in [2.24, 2.45) is 0 Å². The molecule has 4 heteroatoms. The van der Waals surface area contributed by atoms with Gasteiger partial charge in [0.2, 0.25) is 0 Å². The van der Waals surface area contributed by atoms with Gasteiger partial charge in [0.15, 0.2) is 0 Å². The van der Waals surface area contributed by atoms with Gasteiger partial charge in [-0.15, -0.1) is 0 Å². The smallest absolute Gasteiger partial charge is 0.269 e. The quantitative estimate of drug-likeness (QED) is 0.733. The predicted octanol–water partition coefficient (Wildman–Crippen LogP) is 4.13. The van der Waals surface area contributed by atoms with Gasteiger partial charge in [0.25, 0.3) is 5.17 Å². The van der Waals surface area contributed by atoms with E-state index in [1.54, 1.807) is 0 Å². The van der Waals surface area contributed by atoms with Crippen molar-refractivity contribution < 1.29 is 4.74 Å². The van der Waals surface area contributed by atoms with Crippen LogP contribution in [0.5, 0.6) is 5.75 Å². The lowest BCUT2D eigenvalue weighted by molar-refractivity contribution is 0.517. The van der Waals surface area contributed by atoms with E-state index in [9.17, 15) is 0 Å². The molecule has 18 heavy (non-hydrogen) atoms. The van der Waals surface area contributed by atoms with Gasteiger partial charge in [-0.3, -0.25) is 4.90 Å². The van der Waals surface area contributed by atoms with E-state index >= 15 is 0 Å². The minimum absolute atomic E-state index is 0.496. The highest BCUT2D eigenvalue weighted by Crippen LogP contribution is 2.31. The summed E-state index contributed by atoms with van der Waals surface area (Å²) in [6.07, 6.45) is 0. The van der Waals surface area contributed by atoms with Crippen LogP contribution in [-0.4, -0.2) is 5.17 Å². The lowest BCUT2D eigenvalue weighted by atomic mass is 10.1. The maximum absolute atomic E-state index is 5.69. The molecule has 0 atom stereocenters. The first-order valence-electron chi connectivity index (χ1n) is 5.57. The molecule has 2 nitrogen and oxygen atoms in total. The zero-order valence-electron chi connectivity index (χ0n) is 9.47. The Hall–Kier alpha value is -1.39. The second-order valence-electron chi connectivity index (χ2n) is 4.04. The van der Waals surface area contributed by atoms with Crippen LogP contribution in [0.1, 0.15) is 5.56 Å². The van der Waals surface area contributed by atoms with E-state index in [-0.39, 0.29) is 0 Å². The number of hydrogen-bond acceptors (Lipinski definition) is 2. The predicted molar refractivity (Wildman–Crippen MR) is 80.0 cm³/mol. The number of rotatable bonds is 1. The van der Waals surface area contributed by atoms with E-state index < -0.39 is 0 Å². The van der Waals surface area contributed by atoms with Crippen molar-refractivity contribution >= 4 is 39.0 Å². The van der Waals surface area contributed by atoms with Gasteiger partial charge in [-0.05, 0) is 42.5 Å². The second-order valence-corrected chi connectivity index (χ2v) is 5.31. The Labute approximate surface area is 119 Å². The Kier molecular flexibility index (Phi) is 3.06. The Morgan fingerprint density at radius 3 is 2.67 bits per heavy atom. The number of fused-ring (bicyclic) bond motifs is 1. The number of hydrogen-bond donors (Lipinski definition) is 0. The maximum Gasteiger partial charge on any atom is 0.269 e. The van der Waals surface area contributed by atoms with E-state index in [1.165, 1.54) is 0 Å². The van der Waals surface area contributed by atoms with Crippen molar-refractivity contribution in [1.82, 2.24) is 0 Å². The van der Waals surface area contributed by atoms with Gasteiger partial charge in [-0.1, -0.05) is 34.1 Å². The lowest BCUT2D eigenvalue weighted by Crippen LogP contribution is -2.36. The van der Waals surface area contributed by atoms with E-state index in [0.717, 1.165) is 28.0 Å². The van der Waals surface area contributed by atoms with Crippen molar-refractivity contribution in [2.45, 2.75) is 6.54 Å². The number of anilines is 1. The van der Waals surface area contributed by atoms with E-state index in [4.69, 9.17) is 17.0 Å². The molecule has 0 N–H and O–H groups in total. The van der Waals surface area contributed by atoms with Crippen LogP contribution in [0.2, 0.25) is 0 Å². The van der Waals surface area contributed by atoms with E-state index in [0.29, 0.717) is 5.17 Å². The van der Waals surface area contributed by atoms with Crippen LogP contribution in [0.4, 0.5) is 5.69 Å². The molecule has 0 aromatic heterocycles. The topological polar surface area (TPSA) is 12.5 Å². The monoisotopic (exact) mass is 319 g/mol. The van der Waals surface area contributed by atoms with Crippen LogP contribution in [0, 0.1) is 0 Å². The second kappa shape index (κ2) is 4.71. The van der Waals surface area contributed by atoms with Crippen LogP contribution in [-0.2, 0) is 6.54 Å². The van der Waals surface area contributed by atoms with Gasteiger partial charge < -0.3 is 4.74 Å².